The lowest BCUT2D eigenvalue weighted by atomic mass is 10.1. The molecule has 118 valence electrons. The SMILES string of the molecule is Cc1cc(CNCC(O)c2ccncc2)ccc1-n1cncn1. The molecule has 1 aromatic carbocycles. The van der Waals surface area contributed by atoms with E-state index in [9.17, 15) is 5.11 Å². The number of aliphatic hydroxyl groups is 1. The van der Waals surface area contributed by atoms with E-state index in [1.54, 1.807) is 23.4 Å². The fourth-order valence-corrected chi connectivity index (χ4v) is 2.47. The maximum Gasteiger partial charge on any atom is 0.138 e. The van der Waals surface area contributed by atoms with Crippen LogP contribution in [0.4, 0.5) is 0 Å². The lowest BCUT2D eigenvalue weighted by Crippen LogP contribution is -2.21. The Bertz CT molecular complexity index is 743. The van der Waals surface area contributed by atoms with Crippen molar-refractivity contribution < 1.29 is 5.11 Å². The highest BCUT2D eigenvalue weighted by molar-refractivity contribution is 5.41. The minimum absolute atomic E-state index is 0.494. The van der Waals surface area contributed by atoms with Crippen molar-refractivity contribution in [2.45, 2.75) is 19.6 Å². The quantitative estimate of drug-likeness (QED) is 0.726. The van der Waals surface area contributed by atoms with Crippen LogP contribution in [0, 0.1) is 6.92 Å². The van der Waals surface area contributed by atoms with E-state index in [0.29, 0.717) is 13.1 Å². The summed E-state index contributed by atoms with van der Waals surface area (Å²) in [4.78, 5) is 7.92. The van der Waals surface area contributed by atoms with Crippen LogP contribution in [0.25, 0.3) is 5.69 Å². The molecule has 1 atom stereocenters. The van der Waals surface area contributed by atoms with Crippen LogP contribution < -0.4 is 5.32 Å². The van der Waals surface area contributed by atoms with Crippen LogP contribution in [0.1, 0.15) is 22.8 Å². The van der Waals surface area contributed by atoms with Crippen LogP contribution in [-0.2, 0) is 6.54 Å². The molecule has 0 aliphatic carbocycles. The van der Waals surface area contributed by atoms with Crippen LogP contribution in [0.3, 0.4) is 0 Å². The molecule has 0 aliphatic rings. The largest absolute Gasteiger partial charge is 0.387 e. The van der Waals surface area contributed by atoms with Crippen LogP contribution in [0.15, 0.2) is 55.4 Å². The summed E-state index contributed by atoms with van der Waals surface area (Å²) in [6.07, 6.45) is 6.05. The fraction of sp³-hybridized carbons (Fsp3) is 0.235. The third-order valence-electron chi connectivity index (χ3n) is 3.68. The average Bonchev–Trinajstić information content (AvgIpc) is 3.10. The van der Waals surface area contributed by atoms with Crippen molar-refractivity contribution in [1.82, 2.24) is 25.1 Å². The van der Waals surface area contributed by atoms with Gasteiger partial charge in [0.05, 0.1) is 11.8 Å². The monoisotopic (exact) mass is 309 g/mol. The summed E-state index contributed by atoms with van der Waals surface area (Å²) in [6.45, 7) is 3.24. The molecule has 6 nitrogen and oxygen atoms in total. The van der Waals surface area contributed by atoms with Gasteiger partial charge in [-0.2, -0.15) is 5.10 Å². The van der Waals surface area contributed by atoms with Crippen molar-refractivity contribution in [3.8, 4) is 5.69 Å². The van der Waals surface area contributed by atoms with E-state index < -0.39 is 6.10 Å². The van der Waals surface area contributed by atoms with Gasteiger partial charge in [-0.1, -0.05) is 12.1 Å². The number of rotatable bonds is 6. The maximum atomic E-state index is 10.1. The van der Waals surface area contributed by atoms with Crippen molar-refractivity contribution in [1.29, 1.82) is 0 Å². The Kier molecular flexibility index (Phi) is 4.75. The van der Waals surface area contributed by atoms with E-state index in [-0.39, 0.29) is 0 Å². The van der Waals surface area contributed by atoms with E-state index in [2.05, 4.69) is 32.5 Å². The van der Waals surface area contributed by atoms with Gasteiger partial charge in [0.2, 0.25) is 0 Å². The summed E-state index contributed by atoms with van der Waals surface area (Å²) in [7, 11) is 0. The number of nitrogens with one attached hydrogen (secondary N) is 1. The Morgan fingerprint density at radius 1 is 1.17 bits per heavy atom. The van der Waals surface area contributed by atoms with Crippen molar-refractivity contribution in [3.05, 3.63) is 72.1 Å². The summed E-state index contributed by atoms with van der Waals surface area (Å²) >= 11 is 0. The molecule has 0 spiro atoms. The first kappa shape index (κ1) is 15.3. The molecule has 1 unspecified atom stereocenters. The second-order valence-electron chi connectivity index (χ2n) is 5.39. The number of aryl methyl sites for hydroxylation is 1. The third kappa shape index (κ3) is 3.80. The van der Waals surface area contributed by atoms with E-state index in [1.807, 2.05) is 25.1 Å². The first-order valence-corrected chi connectivity index (χ1v) is 7.47. The van der Waals surface area contributed by atoms with Crippen LogP contribution in [-0.4, -0.2) is 31.4 Å². The van der Waals surface area contributed by atoms with Gasteiger partial charge in [0.25, 0.3) is 0 Å². The highest BCUT2D eigenvalue weighted by Gasteiger charge is 2.07. The molecule has 3 aromatic rings. The van der Waals surface area contributed by atoms with Gasteiger partial charge in [-0.05, 0) is 41.8 Å². The standard InChI is InChI=1S/C17H19N5O/c1-13-8-14(2-3-16(13)22-12-20-11-21-22)9-19-10-17(23)15-4-6-18-7-5-15/h2-8,11-12,17,19,23H,9-10H2,1H3. The molecule has 0 amide bonds. The first-order chi connectivity index (χ1) is 11.2. The van der Waals surface area contributed by atoms with Crippen molar-refractivity contribution in [2.24, 2.45) is 0 Å². The number of benzene rings is 1. The zero-order valence-corrected chi connectivity index (χ0v) is 12.9. The number of aromatic nitrogens is 4. The first-order valence-electron chi connectivity index (χ1n) is 7.47. The zero-order valence-electron chi connectivity index (χ0n) is 12.9. The van der Waals surface area contributed by atoms with Crippen LogP contribution in [0.2, 0.25) is 0 Å². The molecule has 0 radical (unpaired) electrons. The lowest BCUT2D eigenvalue weighted by Gasteiger charge is -2.13. The molecule has 2 heterocycles. The van der Waals surface area contributed by atoms with Gasteiger partial charge in [0, 0.05) is 25.5 Å². The smallest absolute Gasteiger partial charge is 0.138 e. The molecule has 0 fully saturated rings. The zero-order chi connectivity index (χ0) is 16.1. The van der Waals surface area contributed by atoms with Crippen molar-refractivity contribution in [3.63, 3.8) is 0 Å². The second-order valence-corrected chi connectivity index (χ2v) is 5.39. The number of nitrogens with zero attached hydrogens (tertiary/aromatic N) is 4. The number of hydrogen-bond acceptors (Lipinski definition) is 5. The van der Waals surface area contributed by atoms with E-state index in [4.69, 9.17) is 0 Å². The maximum absolute atomic E-state index is 10.1. The molecule has 3 rings (SSSR count). The highest BCUT2D eigenvalue weighted by atomic mass is 16.3. The van der Waals surface area contributed by atoms with E-state index in [1.165, 1.54) is 6.33 Å². The van der Waals surface area contributed by atoms with Crippen molar-refractivity contribution >= 4 is 0 Å². The average molecular weight is 309 g/mol. The second kappa shape index (κ2) is 7.13. The summed E-state index contributed by atoms with van der Waals surface area (Å²) in [6, 6.07) is 9.84. The Labute approximate surface area is 134 Å². The predicted molar refractivity (Wildman–Crippen MR) is 87.0 cm³/mol. The molecule has 0 aliphatic heterocycles. The van der Waals surface area contributed by atoms with Gasteiger partial charge in [-0.15, -0.1) is 0 Å². The topological polar surface area (TPSA) is 75.9 Å². The minimum Gasteiger partial charge on any atom is -0.387 e. The Morgan fingerprint density at radius 3 is 2.70 bits per heavy atom. The van der Waals surface area contributed by atoms with Gasteiger partial charge in [0.1, 0.15) is 12.7 Å². The number of pyridine rings is 1. The van der Waals surface area contributed by atoms with E-state index >= 15 is 0 Å². The van der Waals surface area contributed by atoms with Crippen LogP contribution in [0.5, 0.6) is 0 Å². The fourth-order valence-electron chi connectivity index (χ4n) is 2.47. The summed E-state index contributed by atoms with van der Waals surface area (Å²) < 4.78 is 1.75. The lowest BCUT2D eigenvalue weighted by molar-refractivity contribution is 0.174. The van der Waals surface area contributed by atoms with Gasteiger partial charge in [-0.3, -0.25) is 4.98 Å². The molecule has 6 heteroatoms. The number of hydrogen-bond donors (Lipinski definition) is 2. The third-order valence-corrected chi connectivity index (χ3v) is 3.68. The predicted octanol–water partition coefficient (Wildman–Crippen LogP) is 1.79. The number of aliphatic hydroxyl groups excluding tert-OH is 1. The molecule has 2 aromatic heterocycles. The van der Waals surface area contributed by atoms with Crippen LogP contribution >= 0.6 is 0 Å². The molecule has 23 heavy (non-hydrogen) atoms. The normalized spacial score (nSPS) is 12.3. The molecular formula is C17H19N5O. The van der Waals surface area contributed by atoms with Gasteiger partial charge >= 0.3 is 0 Å². The Morgan fingerprint density at radius 2 is 2.00 bits per heavy atom. The molecule has 0 saturated heterocycles. The Balaban J connectivity index is 1.58. The molecular weight excluding hydrogens is 290 g/mol. The minimum atomic E-state index is -0.534. The van der Waals surface area contributed by atoms with Crippen molar-refractivity contribution in [2.75, 3.05) is 6.54 Å². The molecule has 2 N–H and O–H groups in total. The van der Waals surface area contributed by atoms with Gasteiger partial charge in [0.15, 0.2) is 0 Å². The summed E-state index contributed by atoms with van der Waals surface area (Å²) in [5.41, 5.74) is 4.17. The summed E-state index contributed by atoms with van der Waals surface area (Å²) in [5.74, 6) is 0. The van der Waals surface area contributed by atoms with Gasteiger partial charge in [-0.25, -0.2) is 9.67 Å². The summed E-state index contributed by atoms with van der Waals surface area (Å²) in [5, 5.41) is 17.5. The van der Waals surface area contributed by atoms with Gasteiger partial charge < -0.3 is 10.4 Å². The molecule has 0 saturated carbocycles. The molecule has 0 bridgehead atoms. The highest BCUT2D eigenvalue weighted by Crippen LogP contribution is 2.15. The Hall–Kier alpha value is -2.57. The van der Waals surface area contributed by atoms with E-state index in [0.717, 1.165) is 22.4 Å².